The first-order chi connectivity index (χ1) is 7.11. The topological polar surface area (TPSA) is 29.5 Å². The first-order valence-corrected chi connectivity index (χ1v) is 5.99. The van der Waals surface area contributed by atoms with E-state index in [9.17, 15) is 4.79 Å². The van der Waals surface area contributed by atoms with Crippen molar-refractivity contribution >= 4 is 5.91 Å². The van der Waals surface area contributed by atoms with Crippen LogP contribution >= 0.6 is 0 Å². The zero-order valence-electron chi connectivity index (χ0n) is 9.90. The molecule has 0 aliphatic carbocycles. The van der Waals surface area contributed by atoms with Crippen molar-refractivity contribution < 1.29 is 9.53 Å². The molecular formula is C12H21NO2. The molecule has 2 fully saturated rings. The second-order valence-corrected chi connectivity index (χ2v) is 5.15. The summed E-state index contributed by atoms with van der Waals surface area (Å²) in [6.07, 6.45) is 3.26. The third-order valence-corrected chi connectivity index (χ3v) is 3.85. The predicted molar refractivity (Wildman–Crippen MR) is 58.5 cm³/mol. The lowest BCUT2D eigenvalue weighted by atomic mass is 9.81. The number of carbonyl (C=O) groups excluding carboxylic acids is 1. The van der Waals surface area contributed by atoms with Crippen LogP contribution in [0.2, 0.25) is 0 Å². The van der Waals surface area contributed by atoms with Gasteiger partial charge in [-0.25, -0.2) is 0 Å². The number of hydrogen-bond acceptors (Lipinski definition) is 2. The zero-order chi connectivity index (χ0) is 11.0. The van der Waals surface area contributed by atoms with Crippen molar-refractivity contribution in [1.82, 2.24) is 4.90 Å². The van der Waals surface area contributed by atoms with Gasteiger partial charge in [-0.05, 0) is 25.2 Å². The van der Waals surface area contributed by atoms with Crippen LogP contribution in [0.5, 0.6) is 0 Å². The number of amides is 1. The number of carbonyl (C=O) groups is 1. The maximum atomic E-state index is 12.1. The van der Waals surface area contributed by atoms with Crippen LogP contribution in [-0.4, -0.2) is 36.6 Å². The largest absolute Gasteiger partial charge is 0.377 e. The number of ether oxygens (including phenoxy) is 1. The highest BCUT2D eigenvalue weighted by molar-refractivity contribution is 5.80. The molecule has 1 amide bonds. The highest BCUT2D eigenvalue weighted by Gasteiger charge is 2.42. The SMILES string of the molecule is CC(C)C1CC2OCCCC2C(=O)N1C. The van der Waals surface area contributed by atoms with E-state index in [1.165, 1.54) is 0 Å². The normalized spacial score (nSPS) is 36.9. The summed E-state index contributed by atoms with van der Waals surface area (Å²) < 4.78 is 5.73. The fourth-order valence-electron chi connectivity index (χ4n) is 2.90. The van der Waals surface area contributed by atoms with E-state index in [1.807, 2.05) is 11.9 Å². The minimum Gasteiger partial charge on any atom is -0.377 e. The second-order valence-electron chi connectivity index (χ2n) is 5.15. The molecule has 2 heterocycles. The minimum atomic E-state index is 0.138. The van der Waals surface area contributed by atoms with Gasteiger partial charge in [-0.15, -0.1) is 0 Å². The predicted octanol–water partition coefficient (Wildman–Crippen LogP) is 1.67. The highest BCUT2D eigenvalue weighted by atomic mass is 16.5. The van der Waals surface area contributed by atoms with Crippen LogP contribution in [0.1, 0.15) is 33.1 Å². The molecule has 3 heteroatoms. The number of fused-ring (bicyclic) bond motifs is 1. The lowest BCUT2D eigenvalue weighted by Crippen LogP contribution is -2.55. The van der Waals surface area contributed by atoms with Crippen molar-refractivity contribution in [3.63, 3.8) is 0 Å². The van der Waals surface area contributed by atoms with Crippen molar-refractivity contribution in [3.8, 4) is 0 Å². The Labute approximate surface area is 91.8 Å². The summed E-state index contributed by atoms with van der Waals surface area (Å²) in [4.78, 5) is 14.1. The van der Waals surface area contributed by atoms with Gasteiger partial charge in [-0.3, -0.25) is 4.79 Å². The van der Waals surface area contributed by atoms with Gasteiger partial charge in [0.25, 0.3) is 0 Å². The fraction of sp³-hybridized carbons (Fsp3) is 0.917. The summed E-state index contributed by atoms with van der Waals surface area (Å²) >= 11 is 0. The molecule has 0 aromatic heterocycles. The van der Waals surface area contributed by atoms with Crippen LogP contribution in [0.3, 0.4) is 0 Å². The molecule has 0 saturated carbocycles. The van der Waals surface area contributed by atoms with Gasteiger partial charge in [-0.2, -0.15) is 0 Å². The molecule has 0 aromatic carbocycles. The molecule has 15 heavy (non-hydrogen) atoms. The summed E-state index contributed by atoms with van der Waals surface area (Å²) in [6, 6.07) is 0.358. The Bertz CT molecular complexity index is 252. The quantitative estimate of drug-likeness (QED) is 0.660. The van der Waals surface area contributed by atoms with Crippen LogP contribution < -0.4 is 0 Å². The first-order valence-electron chi connectivity index (χ1n) is 5.99. The molecule has 0 aromatic rings. The van der Waals surface area contributed by atoms with Gasteiger partial charge in [0.05, 0.1) is 12.0 Å². The number of piperidine rings is 1. The van der Waals surface area contributed by atoms with Gasteiger partial charge in [0.2, 0.25) is 5.91 Å². The molecule has 3 unspecified atom stereocenters. The Morgan fingerprint density at radius 2 is 2.20 bits per heavy atom. The number of likely N-dealkylation sites (tertiary alicyclic amines) is 1. The van der Waals surface area contributed by atoms with Crippen molar-refractivity contribution in [3.05, 3.63) is 0 Å². The van der Waals surface area contributed by atoms with Crippen molar-refractivity contribution in [2.24, 2.45) is 11.8 Å². The smallest absolute Gasteiger partial charge is 0.228 e. The lowest BCUT2D eigenvalue weighted by molar-refractivity contribution is -0.158. The van der Waals surface area contributed by atoms with E-state index in [0.29, 0.717) is 17.9 Å². The molecule has 0 bridgehead atoms. The first kappa shape index (κ1) is 10.9. The van der Waals surface area contributed by atoms with Crippen LogP contribution in [0.25, 0.3) is 0 Å². The van der Waals surface area contributed by atoms with E-state index < -0.39 is 0 Å². The molecule has 3 atom stereocenters. The van der Waals surface area contributed by atoms with Crippen LogP contribution in [-0.2, 0) is 9.53 Å². The fourth-order valence-corrected chi connectivity index (χ4v) is 2.90. The third kappa shape index (κ3) is 1.89. The monoisotopic (exact) mass is 211 g/mol. The van der Waals surface area contributed by atoms with E-state index in [2.05, 4.69) is 13.8 Å². The Morgan fingerprint density at radius 3 is 2.87 bits per heavy atom. The molecule has 2 aliphatic rings. The average Bonchev–Trinajstić information content (AvgIpc) is 2.23. The molecule has 0 spiro atoms. The summed E-state index contributed by atoms with van der Waals surface area (Å²) in [5.74, 6) is 0.953. The summed E-state index contributed by atoms with van der Waals surface area (Å²) in [7, 11) is 1.94. The van der Waals surface area contributed by atoms with E-state index >= 15 is 0 Å². The van der Waals surface area contributed by atoms with E-state index in [0.717, 1.165) is 25.9 Å². The maximum absolute atomic E-state index is 12.1. The highest BCUT2D eigenvalue weighted by Crippen LogP contribution is 2.33. The zero-order valence-corrected chi connectivity index (χ0v) is 9.90. The van der Waals surface area contributed by atoms with Gasteiger partial charge in [-0.1, -0.05) is 13.8 Å². The van der Waals surface area contributed by atoms with E-state index in [4.69, 9.17) is 4.74 Å². The lowest BCUT2D eigenvalue weighted by Gasteiger charge is -2.45. The number of rotatable bonds is 1. The van der Waals surface area contributed by atoms with Crippen LogP contribution in [0.15, 0.2) is 0 Å². The third-order valence-electron chi connectivity index (χ3n) is 3.85. The Balaban J connectivity index is 2.13. The number of nitrogens with zero attached hydrogens (tertiary/aromatic N) is 1. The molecule has 0 radical (unpaired) electrons. The van der Waals surface area contributed by atoms with Crippen LogP contribution in [0, 0.1) is 11.8 Å². The Morgan fingerprint density at radius 1 is 1.47 bits per heavy atom. The minimum absolute atomic E-state index is 0.138. The molecule has 0 N–H and O–H groups in total. The van der Waals surface area contributed by atoms with Gasteiger partial charge >= 0.3 is 0 Å². The Hall–Kier alpha value is -0.570. The average molecular weight is 211 g/mol. The molecule has 3 nitrogen and oxygen atoms in total. The summed E-state index contributed by atoms with van der Waals surface area (Å²) in [5, 5.41) is 0. The van der Waals surface area contributed by atoms with Crippen LogP contribution in [0.4, 0.5) is 0 Å². The summed E-state index contributed by atoms with van der Waals surface area (Å²) in [5.41, 5.74) is 0. The van der Waals surface area contributed by atoms with Gasteiger partial charge in [0, 0.05) is 19.7 Å². The standard InChI is InChI=1S/C12H21NO2/c1-8(2)10-7-11-9(5-4-6-15-11)12(14)13(10)3/h8-11H,4-7H2,1-3H3. The van der Waals surface area contributed by atoms with E-state index in [-0.39, 0.29) is 12.0 Å². The molecule has 2 saturated heterocycles. The van der Waals surface area contributed by atoms with Crippen molar-refractivity contribution in [1.29, 1.82) is 0 Å². The van der Waals surface area contributed by atoms with Gasteiger partial charge < -0.3 is 9.64 Å². The molecule has 2 rings (SSSR count). The van der Waals surface area contributed by atoms with E-state index in [1.54, 1.807) is 0 Å². The van der Waals surface area contributed by atoms with Crippen molar-refractivity contribution in [2.75, 3.05) is 13.7 Å². The number of hydrogen-bond donors (Lipinski definition) is 0. The molecule has 2 aliphatic heterocycles. The maximum Gasteiger partial charge on any atom is 0.228 e. The molecule has 86 valence electrons. The van der Waals surface area contributed by atoms with Gasteiger partial charge in [0.15, 0.2) is 0 Å². The second kappa shape index (κ2) is 4.12. The molecular weight excluding hydrogens is 190 g/mol. The Kier molecular flexibility index (Phi) is 3.01. The van der Waals surface area contributed by atoms with Crippen molar-refractivity contribution in [2.45, 2.75) is 45.3 Å². The summed E-state index contributed by atoms with van der Waals surface area (Å²) in [6.45, 7) is 5.19. The van der Waals surface area contributed by atoms with Gasteiger partial charge in [0.1, 0.15) is 0 Å².